The van der Waals surface area contributed by atoms with E-state index in [1.807, 2.05) is 31.2 Å². The summed E-state index contributed by atoms with van der Waals surface area (Å²) in [5, 5.41) is 9.74. The molecule has 4 rings (SSSR count). The van der Waals surface area contributed by atoms with Gasteiger partial charge >= 0.3 is 6.03 Å². The lowest BCUT2D eigenvalue weighted by Gasteiger charge is -2.12. The van der Waals surface area contributed by atoms with E-state index in [9.17, 15) is 4.79 Å². The Morgan fingerprint density at radius 2 is 2.18 bits per heavy atom. The maximum atomic E-state index is 12.4. The molecule has 0 unspecified atom stereocenters. The van der Waals surface area contributed by atoms with Gasteiger partial charge < -0.3 is 19.9 Å². The molecule has 28 heavy (non-hydrogen) atoms. The summed E-state index contributed by atoms with van der Waals surface area (Å²) in [6.07, 6.45) is 3.83. The molecule has 8 nitrogen and oxygen atoms in total. The van der Waals surface area contributed by atoms with E-state index < -0.39 is 0 Å². The normalized spacial score (nSPS) is 13.2. The highest BCUT2D eigenvalue weighted by molar-refractivity contribution is 5.93. The zero-order valence-corrected chi connectivity index (χ0v) is 15.7. The summed E-state index contributed by atoms with van der Waals surface area (Å²) in [6.45, 7) is 2.26. The van der Waals surface area contributed by atoms with Gasteiger partial charge in [0.1, 0.15) is 0 Å². The fraction of sp³-hybridized carbons (Fsp3) is 0.300. The van der Waals surface area contributed by atoms with E-state index in [2.05, 4.69) is 25.8 Å². The van der Waals surface area contributed by atoms with Crippen LogP contribution in [0.2, 0.25) is 0 Å². The van der Waals surface area contributed by atoms with Crippen LogP contribution in [0, 0.1) is 6.92 Å². The lowest BCUT2D eigenvalue weighted by molar-refractivity contribution is 0.251. The molecule has 1 fully saturated rings. The summed E-state index contributed by atoms with van der Waals surface area (Å²) >= 11 is 0. The number of methoxy groups -OCH3 is 1. The number of carbonyl (C=O) groups excluding carboxylic acids is 1. The maximum Gasteiger partial charge on any atom is 0.319 e. The van der Waals surface area contributed by atoms with Crippen LogP contribution in [0.3, 0.4) is 0 Å². The Labute approximate surface area is 162 Å². The minimum Gasteiger partial charge on any atom is -0.481 e. The first kappa shape index (κ1) is 18.0. The van der Waals surface area contributed by atoms with E-state index in [0.29, 0.717) is 28.9 Å². The fourth-order valence-corrected chi connectivity index (χ4v) is 2.88. The summed E-state index contributed by atoms with van der Waals surface area (Å²) in [7, 11) is 1.55. The first-order valence-electron chi connectivity index (χ1n) is 9.11. The number of nitrogens with one attached hydrogen (secondary N) is 2. The van der Waals surface area contributed by atoms with Crippen LogP contribution in [0.15, 0.2) is 41.1 Å². The van der Waals surface area contributed by atoms with Gasteiger partial charge in [-0.15, -0.1) is 0 Å². The predicted octanol–water partition coefficient (Wildman–Crippen LogP) is 3.65. The molecule has 0 atom stereocenters. The Hall–Kier alpha value is -3.42. The highest BCUT2D eigenvalue weighted by Gasteiger charge is 2.29. The first-order valence-corrected chi connectivity index (χ1v) is 9.11. The number of hydrogen-bond donors (Lipinski definition) is 2. The van der Waals surface area contributed by atoms with Crippen molar-refractivity contribution in [3.05, 3.63) is 53.5 Å². The lowest BCUT2D eigenvalue weighted by Crippen LogP contribution is -2.28. The Kier molecular flexibility index (Phi) is 4.92. The summed E-state index contributed by atoms with van der Waals surface area (Å²) < 4.78 is 10.6. The molecule has 0 radical (unpaired) electrons. The van der Waals surface area contributed by atoms with E-state index in [0.717, 1.165) is 29.8 Å². The van der Waals surface area contributed by atoms with Crippen molar-refractivity contribution in [2.45, 2.75) is 32.2 Å². The van der Waals surface area contributed by atoms with Crippen molar-refractivity contribution in [2.24, 2.45) is 0 Å². The smallest absolute Gasteiger partial charge is 0.319 e. The van der Waals surface area contributed by atoms with Gasteiger partial charge in [-0.1, -0.05) is 22.9 Å². The molecule has 1 saturated carbocycles. The number of pyridine rings is 1. The second kappa shape index (κ2) is 7.67. The van der Waals surface area contributed by atoms with Gasteiger partial charge in [-0.05, 0) is 38.0 Å². The molecule has 0 bridgehead atoms. The molecule has 144 valence electrons. The Bertz CT molecular complexity index is 997. The van der Waals surface area contributed by atoms with Crippen LogP contribution in [-0.2, 0) is 6.54 Å². The van der Waals surface area contributed by atoms with Crippen molar-refractivity contribution in [1.82, 2.24) is 20.4 Å². The predicted molar refractivity (Wildman–Crippen MR) is 103 cm³/mol. The van der Waals surface area contributed by atoms with Crippen molar-refractivity contribution in [3.8, 4) is 17.3 Å². The third-order valence-corrected chi connectivity index (χ3v) is 4.52. The summed E-state index contributed by atoms with van der Waals surface area (Å²) in [5.74, 6) is 2.03. The number of aromatic nitrogens is 3. The fourth-order valence-electron chi connectivity index (χ4n) is 2.88. The largest absolute Gasteiger partial charge is 0.481 e. The van der Waals surface area contributed by atoms with Crippen LogP contribution >= 0.6 is 0 Å². The van der Waals surface area contributed by atoms with E-state index >= 15 is 0 Å². The molecule has 0 aliphatic heterocycles. The number of nitrogens with zero attached hydrogens (tertiary/aromatic N) is 3. The SMILES string of the molecule is COc1ncccc1CNC(=O)Nc1ccc(C)cc1-c1nc(C2CC2)no1. The summed E-state index contributed by atoms with van der Waals surface area (Å²) in [5.41, 5.74) is 3.13. The number of amides is 2. The van der Waals surface area contributed by atoms with E-state index in [4.69, 9.17) is 9.26 Å². The first-order chi connectivity index (χ1) is 13.6. The Morgan fingerprint density at radius 3 is 2.96 bits per heavy atom. The van der Waals surface area contributed by atoms with Gasteiger partial charge in [-0.25, -0.2) is 9.78 Å². The van der Waals surface area contributed by atoms with E-state index in [1.165, 1.54) is 0 Å². The van der Waals surface area contributed by atoms with Gasteiger partial charge in [0, 0.05) is 24.2 Å². The van der Waals surface area contributed by atoms with Crippen LogP contribution in [0.4, 0.5) is 10.5 Å². The molecule has 1 aromatic carbocycles. The molecule has 2 N–H and O–H groups in total. The minimum atomic E-state index is -0.349. The molecule has 1 aliphatic rings. The zero-order valence-electron chi connectivity index (χ0n) is 15.7. The second-order valence-corrected chi connectivity index (χ2v) is 6.76. The summed E-state index contributed by atoms with van der Waals surface area (Å²) in [6, 6.07) is 8.96. The molecular formula is C20H21N5O3. The van der Waals surface area contributed by atoms with Gasteiger partial charge in [0.2, 0.25) is 5.88 Å². The monoisotopic (exact) mass is 379 g/mol. The van der Waals surface area contributed by atoms with Gasteiger partial charge in [0.15, 0.2) is 5.82 Å². The molecule has 8 heteroatoms. The van der Waals surface area contributed by atoms with Crippen LogP contribution < -0.4 is 15.4 Å². The van der Waals surface area contributed by atoms with E-state index in [-0.39, 0.29) is 12.6 Å². The summed E-state index contributed by atoms with van der Waals surface area (Å²) in [4.78, 5) is 21.0. The van der Waals surface area contributed by atoms with Crippen molar-refractivity contribution < 1.29 is 14.1 Å². The molecular weight excluding hydrogens is 358 g/mol. The third kappa shape index (κ3) is 3.95. The molecule has 1 aliphatic carbocycles. The molecule has 3 aromatic rings. The van der Waals surface area contributed by atoms with Crippen molar-refractivity contribution >= 4 is 11.7 Å². The van der Waals surface area contributed by atoms with Crippen molar-refractivity contribution in [1.29, 1.82) is 0 Å². The van der Waals surface area contributed by atoms with Gasteiger partial charge in [0.05, 0.1) is 18.4 Å². The number of anilines is 1. The quantitative estimate of drug-likeness (QED) is 0.678. The van der Waals surface area contributed by atoms with E-state index in [1.54, 1.807) is 19.4 Å². The van der Waals surface area contributed by atoms with Gasteiger partial charge in [0.25, 0.3) is 5.89 Å². The average molecular weight is 379 g/mol. The Morgan fingerprint density at radius 1 is 1.32 bits per heavy atom. The number of ether oxygens (including phenoxy) is 1. The minimum absolute atomic E-state index is 0.288. The van der Waals surface area contributed by atoms with Crippen LogP contribution in [0.25, 0.3) is 11.5 Å². The highest BCUT2D eigenvalue weighted by atomic mass is 16.5. The van der Waals surface area contributed by atoms with Crippen LogP contribution in [0.5, 0.6) is 5.88 Å². The Balaban J connectivity index is 1.48. The lowest BCUT2D eigenvalue weighted by atomic mass is 10.1. The van der Waals surface area contributed by atoms with Crippen LogP contribution in [0.1, 0.15) is 35.7 Å². The molecule has 0 spiro atoms. The number of rotatable bonds is 6. The third-order valence-electron chi connectivity index (χ3n) is 4.52. The number of hydrogen-bond acceptors (Lipinski definition) is 6. The standard InChI is InChI=1S/C20H21N5O3/c1-12-5-8-16(15(10-12)19-24-17(25-28-19)13-6-7-13)23-20(26)22-11-14-4-3-9-21-18(14)27-2/h3-5,8-10,13H,6-7,11H2,1-2H3,(H2,22,23,26). The molecule has 0 saturated heterocycles. The average Bonchev–Trinajstić information content (AvgIpc) is 3.45. The topological polar surface area (TPSA) is 102 Å². The highest BCUT2D eigenvalue weighted by Crippen LogP contribution is 2.39. The maximum absolute atomic E-state index is 12.4. The number of benzene rings is 1. The van der Waals surface area contributed by atoms with Crippen LogP contribution in [-0.4, -0.2) is 28.3 Å². The van der Waals surface area contributed by atoms with Gasteiger partial charge in [-0.2, -0.15) is 4.98 Å². The number of carbonyl (C=O) groups is 1. The number of urea groups is 1. The molecule has 2 amide bonds. The molecule has 2 heterocycles. The van der Waals surface area contributed by atoms with Crippen molar-refractivity contribution in [2.75, 3.05) is 12.4 Å². The second-order valence-electron chi connectivity index (χ2n) is 6.76. The van der Waals surface area contributed by atoms with Gasteiger partial charge in [-0.3, -0.25) is 0 Å². The zero-order chi connectivity index (χ0) is 19.5. The van der Waals surface area contributed by atoms with Crippen molar-refractivity contribution in [3.63, 3.8) is 0 Å². The number of aryl methyl sites for hydroxylation is 1. The molecule has 2 aromatic heterocycles.